The van der Waals surface area contributed by atoms with Crippen LogP contribution in [-0.4, -0.2) is 51.7 Å². The van der Waals surface area contributed by atoms with Crippen molar-refractivity contribution < 1.29 is 70.2 Å². The summed E-state index contributed by atoms with van der Waals surface area (Å²) >= 11 is 5.94. The van der Waals surface area contributed by atoms with Crippen molar-refractivity contribution in [1.82, 2.24) is 4.98 Å². The zero-order valence-electron chi connectivity index (χ0n) is 20.5. The number of hydrogen-bond acceptors (Lipinski definition) is 10. The number of methoxy groups -OCH3 is 1. The van der Waals surface area contributed by atoms with Crippen LogP contribution in [0, 0.1) is 5.82 Å². The number of primary amides is 1. The molecule has 0 spiro atoms. The van der Waals surface area contributed by atoms with Crippen LogP contribution < -0.4 is 30.0 Å². The molecule has 0 bridgehead atoms. The van der Waals surface area contributed by atoms with Crippen LogP contribution >= 0.6 is 11.6 Å². The van der Waals surface area contributed by atoms with E-state index >= 15 is 0 Å². The molecule has 42 heavy (non-hydrogen) atoms. The molecule has 0 aliphatic heterocycles. The number of anilines is 1. The van der Waals surface area contributed by atoms with Crippen molar-refractivity contribution in [2.45, 2.75) is 18.9 Å². The lowest BCUT2D eigenvalue weighted by Crippen LogP contribution is -2.35. The normalized spacial score (nSPS) is 11.7. The fourth-order valence-electron chi connectivity index (χ4n) is 3.32. The first-order valence-electron chi connectivity index (χ1n) is 10.8. The number of carbonyl (C=O) groups is 2. The van der Waals surface area contributed by atoms with Crippen LogP contribution in [0.4, 0.5) is 32.0 Å². The van der Waals surface area contributed by atoms with E-state index in [0.29, 0.717) is 18.2 Å². The summed E-state index contributed by atoms with van der Waals surface area (Å²) in [7, 11) is 0.866. The van der Waals surface area contributed by atoms with E-state index in [9.17, 15) is 51.3 Å². The summed E-state index contributed by atoms with van der Waals surface area (Å²) in [4.78, 5) is 28.4. The second-order valence-corrected chi connectivity index (χ2v) is 8.17. The third-order valence-corrected chi connectivity index (χ3v) is 5.18. The van der Waals surface area contributed by atoms with Gasteiger partial charge in [-0.3, -0.25) is 14.6 Å². The predicted octanol–water partition coefficient (Wildman–Crippen LogP) is 3.83. The van der Waals surface area contributed by atoms with Gasteiger partial charge in [-0.25, -0.2) is 8.78 Å². The number of nitrogens with two attached hydrogens (primary N) is 1. The first-order chi connectivity index (χ1) is 19.4. The summed E-state index contributed by atoms with van der Waals surface area (Å²) in [6, 6.07) is 3.66. The summed E-state index contributed by atoms with van der Waals surface area (Å²) < 4.78 is 98.6. The van der Waals surface area contributed by atoms with Crippen LogP contribution in [0.5, 0.6) is 28.7 Å². The van der Waals surface area contributed by atoms with Gasteiger partial charge in [0.15, 0.2) is 11.5 Å². The van der Waals surface area contributed by atoms with E-state index < -0.39 is 81.5 Å². The number of nitrogens with zero attached hydrogens (tertiary/aromatic N) is 1. The lowest BCUT2D eigenvalue weighted by atomic mass is 10.1. The van der Waals surface area contributed by atoms with Crippen molar-refractivity contribution in [2.75, 3.05) is 12.4 Å². The van der Waals surface area contributed by atoms with Crippen molar-refractivity contribution >= 4 is 29.1 Å². The second-order valence-electron chi connectivity index (χ2n) is 7.76. The Hall–Kier alpha value is -4.52. The Kier molecular flexibility index (Phi) is 9.26. The highest BCUT2D eigenvalue weighted by molar-refractivity contribution is 6.32. The van der Waals surface area contributed by atoms with Gasteiger partial charge in [-0.1, -0.05) is 11.6 Å². The maximum absolute atomic E-state index is 14.9. The highest BCUT2D eigenvalue weighted by Gasteiger charge is 2.36. The molecule has 0 aliphatic carbocycles. The zero-order valence-corrected chi connectivity index (χ0v) is 21.3. The Morgan fingerprint density at radius 3 is 2.21 bits per heavy atom. The van der Waals surface area contributed by atoms with E-state index in [1.807, 2.05) is 0 Å². The third-order valence-electron chi connectivity index (χ3n) is 4.86. The van der Waals surface area contributed by atoms with E-state index in [4.69, 9.17) is 26.8 Å². The number of aromatic nitrogens is 1. The lowest BCUT2D eigenvalue weighted by molar-refractivity contribution is -0.420. The number of nitrogens with one attached hydrogen (secondary N) is 1. The predicted molar refractivity (Wildman–Crippen MR) is 127 cm³/mol. The first-order valence-corrected chi connectivity index (χ1v) is 11.2. The maximum Gasteiger partial charge on any atom is 0.573 e. The minimum atomic E-state index is -5.44. The molecule has 0 aliphatic rings. The summed E-state index contributed by atoms with van der Waals surface area (Å²) in [6.45, 7) is 0. The van der Waals surface area contributed by atoms with Crippen LogP contribution in [0.15, 0.2) is 36.5 Å². The first kappa shape index (κ1) is 32.0. The van der Waals surface area contributed by atoms with Gasteiger partial charge in [0.2, 0.25) is 11.6 Å². The summed E-state index contributed by atoms with van der Waals surface area (Å²) in [6.07, 6.45) is -11.9. The Morgan fingerprint density at radius 1 is 1.02 bits per heavy atom. The maximum atomic E-state index is 14.9. The number of carbonyl (C=O) groups excluding carboxylic acids is 2. The molecule has 0 saturated heterocycles. The highest BCUT2D eigenvalue weighted by atomic mass is 35.5. The largest absolute Gasteiger partial charge is 0.573 e. The molecule has 2 aromatic carbocycles. The van der Waals surface area contributed by atoms with Crippen LogP contribution in [-0.2, 0) is 0 Å². The van der Waals surface area contributed by atoms with Gasteiger partial charge in [0, 0.05) is 18.0 Å². The molecule has 0 radical (unpaired) electrons. The van der Waals surface area contributed by atoms with Gasteiger partial charge in [0.05, 0.1) is 17.7 Å². The SMILES string of the molecule is COc1c(C(=O)Nc2ccnc(C(N)=O)c2)c(Oc2ccc(OC(F)(F)F)c(F)c2OC(O)(O)O)cc(Cl)c1C(F)F. The standard InChI is InChI=1S/C23H16ClF6N3O9/c1-39-18-14(19(26)27)9(24)7-13(15(18)21(35)33-8-4-5-32-10(6-8)20(31)34)40-12-3-2-11(41-22(28,29)30)16(25)17(12)42-23(36,37)38/h2-7,19,36-38H,1H3,(H2,31,34)(H,32,33,35). The molecule has 0 fully saturated rings. The van der Waals surface area contributed by atoms with Gasteiger partial charge in [0.1, 0.15) is 22.8 Å². The smallest absolute Gasteiger partial charge is 0.495 e. The summed E-state index contributed by atoms with van der Waals surface area (Å²) in [5.41, 5.74) is 2.83. The third kappa shape index (κ3) is 7.60. The Balaban J connectivity index is 2.21. The number of pyridine rings is 1. The van der Waals surface area contributed by atoms with Gasteiger partial charge in [0.25, 0.3) is 18.2 Å². The van der Waals surface area contributed by atoms with Crippen LogP contribution in [0.2, 0.25) is 5.02 Å². The number of rotatable bonds is 10. The number of halogens is 7. The summed E-state index contributed by atoms with van der Waals surface area (Å²) in [5.74, 6) is -10.3. The second kappa shape index (κ2) is 12.1. The topological polar surface area (TPSA) is 183 Å². The molecular formula is C23H16ClF6N3O9. The molecule has 0 atom stereocenters. The molecule has 12 nitrogen and oxygen atoms in total. The number of ether oxygens (including phenoxy) is 4. The minimum absolute atomic E-state index is 0.139. The van der Waals surface area contributed by atoms with Crippen molar-refractivity contribution in [2.24, 2.45) is 5.73 Å². The van der Waals surface area contributed by atoms with Crippen LogP contribution in [0.3, 0.4) is 0 Å². The molecule has 0 unspecified atom stereocenters. The number of alkyl halides is 5. The molecule has 0 saturated carbocycles. The molecule has 3 rings (SSSR count). The Bertz CT molecular complexity index is 1520. The average Bonchev–Trinajstić information content (AvgIpc) is 2.85. The van der Waals surface area contributed by atoms with Crippen molar-refractivity contribution in [3.8, 4) is 28.7 Å². The van der Waals surface area contributed by atoms with Gasteiger partial charge in [-0.15, -0.1) is 13.2 Å². The molecule has 6 N–H and O–H groups in total. The van der Waals surface area contributed by atoms with Crippen LogP contribution in [0.25, 0.3) is 0 Å². The summed E-state index contributed by atoms with van der Waals surface area (Å²) in [5, 5.41) is 29.0. The van der Waals surface area contributed by atoms with Crippen molar-refractivity contribution in [3.05, 3.63) is 64.2 Å². The Labute approximate surface area is 234 Å². The van der Waals surface area contributed by atoms with E-state index in [1.54, 1.807) is 0 Å². The Morgan fingerprint density at radius 2 is 1.67 bits per heavy atom. The van der Waals surface area contributed by atoms with E-state index in [2.05, 4.69) is 19.8 Å². The number of hydrogen-bond donors (Lipinski definition) is 5. The lowest BCUT2D eigenvalue weighted by Gasteiger charge is -2.22. The van der Waals surface area contributed by atoms with E-state index in [1.165, 1.54) is 6.07 Å². The van der Waals surface area contributed by atoms with E-state index in [-0.39, 0.29) is 11.4 Å². The number of aliphatic hydroxyl groups is 3. The molecular weight excluding hydrogens is 612 g/mol. The van der Waals surface area contributed by atoms with Crippen molar-refractivity contribution in [3.63, 3.8) is 0 Å². The minimum Gasteiger partial charge on any atom is -0.495 e. The quantitative estimate of drug-likeness (QED) is 0.164. The molecule has 226 valence electrons. The average molecular weight is 628 g/mol. The van der Waals surface area contributed by atoms with Gasteiger partial charge >= 0.3 is 12.5 Å². The fraction of sp³-hybridized carbons (Fsp3) is 0.174. The zero-order chi connectivity index (χ0) is 31.6. The molecule has 2 amide bonds. The van der Waals surface area contributed by atoms with Gasteiger partial charge in [-0.2, -0.15) is 4.39 Å². The number of amides is 2. The van der Waals surface area contributed by atoms with Crippen molar-refractivity contribution in [1.29, 1.82) is 0 Å². The van der Waals surface area contributed by atoms with Gasteiger partial charge < -0.3 is 45.3 Å². The fourth-order valence-corrected chi connectivity index (χ4v) is 3.59. The molecule has 3 aromatic rings. The number of benzene rings is 2. The molecule has 1 aromatic heterocycles. The van der Waals surface area contributed by atoms with Crippen LogP contribution in [0.1, 0.15) is 32.8 Å². The molecule has 19 heteroatoms. The molecule has 1 heterocycles. The van der Waals surface area contributed by atoms with Gasteiger partial charge in [-0.05, 0) is 24.3 Å². The highest BCUT2D eigenvalue weighted by Crippen LogP contribution is 2.47. The monoisotopic (exact) mass is 627 g/mol. The van der Waals surface area contributed by atoms with E-state index in [0.717, 1.165) is 19.4 Å².